The Kier molecular flexibility index (Phi) is 7.36. The number of hydrogen-bond donors (Lipinski definition) is 2. The average Bonchev–Trinajstić information content (AvgIpc) is 3.39. The van der Waals surface area contributed by atoms with Crippen molar-refractivity contribution >= 4 is 40.9 Å². The van der Waals surface area contributed by atoms with E-state index in [1.165, 1.54) is 11.8 Å². The van der Waals surface area contributed by atoms with E-state index >= 15 is 0 Å². The normalized spacial score (nSPS) is 12.9. The van der Waals surface area contributed by atoms with Crippen LogP contribution in [0.4, 0.5) is 11.4 Å². The Labute approximate surface area is 196 Å². The Morgan fingerprint density at radius 3 is 2.30 bits per heavy atom. The minimum absolute atomic E-state index is 0.105. The SMILES string of the molecule is O=C(Nc1cccnc1)c1ccc(NC(=O)c2ccccc2SCC(=O)N2CCCC2)cc1. The topological polar surface area (TPSA) is 91.4 Å². The summed E-state index contributed by atoms with van der Waals surface area (Å²) >= 11 is 1.38. The number of likely N-dealkylation sites (tertiary alicyclic amines) is 1. The molecule has 2 heterocycles. The molecule has 8 heteroatoms. The van der Waals surface area contributed by atoms with Crippen molar-refractivity contribution in [3.05, 3.63) is 84.2 Å². The van der Waals surface area contributed by atoms with Gasteiger partial charge in [0.2, 0.25) is 5.91 Å². The summed E-state index contributed by atoms with van der Waals surface area (Å²) in [6.07, 6.45) is 5.31. The van der Waals surface area contributed by atoms with Crippen molar-refractivity contribution in [3.8, 4) is 0 Å². The lowest BCUT2D eigenvalue weighted by molar-refractivity contribution is -0.127. The molecule has 0 radical (unpaired) electrons. The third-order valence-corrected chi connectivity index (χ3v) is 6.32. The van der Waals surface area contributed by atoms with Gasteiger partial charge in [-0.1, -0.05) is 12.1 Å². The Morgan fingerprint density at radius 2 is 1.58 bits per heavy atom. The molecule has 1 aliphatic rings. The fourth-order valence-electron chi connectivity index (χ4n) is 3.52. The highest BCUT2D eigenvalue weighted by atomic mass is 32.2. The lowest BCUT2D eigenvalue weighted by atomic mass is 10.1. The highest BCUT2D eigenvalue weighted by Crippen LogP contribution is 2.25. The predicted molar refractivity (Wildman–Crippen MR) is 130 cm³/mol. The molecule has 1 saturated heterocycles. The third kappa shape index (κ3) is 5.98. The zero-order chi connectivity index (χ0) is 23.0. The first-order chi connectivity index (χ1) is 16.1. The van der Waals surface area contributed by atoms with Crippen LogP contribution in [-0.4, -0.2) is 46.4 Å². The second-order valence-electron chi connectivity index (χ2n) is 7.60. The summed E-state index contributed by atoms with van der Waals surface area (Å²) in [6.45, 7) is 1.63. The molecule has 0 spiro atoms. The molecule has 4 rings (SSSR count). The van der Waals surface area contributed by atoms with E-state index in [0.29, 0.717) is 28.3 Å². The van der Waals surface area contributed by atoms with Gasteiger partial charge in [0.05, 0.1) is 23.2 Å². The second-order valence-corrected chi connectivity index (χ2v) is 8.62. The Balaban J connectivity index is 1.37. The van der Waals surface area contributed by atoms with Gasteiger partial charge in [-0.15, -0.1) is 11.8 Å². The fraction of sp³-hybridized carbons (Fsp3) is 0.200. The maximum atomic E-state index is 12.9. The molecule has 0 bridgehead atoms. The zero-order valence-corrected chi connectivity index (χ0v) is 18.8. The van der Waals surface area contributed by atoms with Crippen LogP contribution in [-0.2, 0) is 4.79 Å². The molecule has 168 valence electrons. The van der Waals surface area contributed by atoms with Crippen LogP contribution in [0.2, 0.25) is 0 Å². The van der Waals surface area contributed by atoms with E-state index in [1.54, 1.807) is 60.9 Å². The smallest absolute Gasteiger partial charge is 0.256 e. The minimum atomic E-state index is -0.265. The van der Waals surface area contributed by atoms with Crippen LogP contribution >= 0.6 is 11.8 Å². The van der Waals surface area contributed by atoms with Gasteiger partial charge in [-0.05, 0) is 61.4 Å². The lowest BCUT2D eigenvalue weighted by Crippen LogP contribution is -2.29. The molecule has 1 aliphatic heterocycles. The van der Waals surface area contributed by atoms with Crippen molar-refractivity contribution in [2.24, 2.45) is 0 Å². The van der Waals surface area contributed by atoms with Crippen LogP contribution in [0.5, 0.6) is 0 Å². The molecule has 7 nitrogen and oxygen atoms in total. The molecule has 0 saturated carbocycles. The summed E-state index contributed by atoms with van der Waals surface area (Å²) in [5, 5.41) is 5.64. The maximum absolute atomic E-state index is 12.9. The molecule has 0 atom stereocenters. The van der Waals surface area contributed by atoms with E-state index in [0.717, 1.165) is 30.8 Å². The number of amides is 3. The standard InChI is InChI=1S/C25H24N4O3S/c30-23(29-14-3-4-15-29)17-33-22-8-2-1-7-21(22)25(32)27-19-11-9-18(10-12-19)24(31)28-20-6-5-13-26-16-20/h1-2,5-13,16H,3-4,14-15,17H2,(H,27,32)(H,28,31). The molecular formula is C25H24N4O3S. The molecule has 3 amide bonds. The van der Waals surface area contributed by atoms with Crippen LogP contribution in [0, 0.1) is 0 Å². The quantitative estimate of drug-likeness (QED) is 0.513. The van der Waals surface area contributed by atoms with Crippen molar-refractivity contribution in [3.63, 3.8) is 0 Å². The van der Waals surface area contributed by atoms with Gasteiger partial charge in [0.15, 0.2) is 0 Å². The summed E-state index contributed by atoms with van der Waals surface area (Å²) in [6, 6.07) is 17.4. The maximum Gasteiger partial charge on any atom is 0.256 e. The third-order valence-electron chi connectivity index (χ3n) is 5.27. The fourth-order valence-corrected chi connectivity index (χ4v) is 4.47. The van der Waals surface area contributed by atoms with Gasteiger partial charge < -0.3 is 15.5 Å². The van der Waals surface area contributed by atoms with E-state index in [4.69, 9.17) is 0 Å². The molecule has 1 fully saturated rings. The van der Waals surface area contributed by atoms with Crippen molar-refractivity contribution in [2.45, 2.75) is 17.7 Å². The molecule has 0 aliphatic carbocycles. The minimum Gasteiger partial charge on any atom is -0.342 e. The van der Waals surface area contributed by atoms with Crippen molar-refractivity contribution in [1.29, 1.82) is 0 Å². The van der Waals surface area contributed by atoms with E-state index in [-0.39, 0.29) is 17.7 Å². The van der Waals surface area contributed by atoms with Gasteiger partial charge in [-0.2, -0.15) is 0 Å². The van der Waals surface area contributed by atoms with E-state index in [1.807, 2.05) is 17.0 Å². The first-order valence-corrected chi connectivity index (χ1v) is 11.7. The summed E-state index contributed by atoms with van der Waals surface area (Å²) in [4.78, 5) is 44.2. The number of nitrogens with one attached hydrogen (secondary N) is 2. The number of nitrogens with zero attached hydrogens (tertiary/aromatic N) is 2. The zero-order valence-electron chi connectivity index (χ0n) is 18.0. The van der Waals surface area contributed by atoms with Crippen molar-refractivity contribution < 1.29 is 14.4 Å². The van der Waals surface area contributed by atoms with E-state index < -0.39 is 0 Å². The van der Waals surface area contributed by atoms with Gasteiger partial charge in [-0.25, -0.2) is 0 Å². The number of carbonyl (C=O) groups excluding carboxylic acids is 3. The lowest BCUT2D eigenvalue weighted by Gasteiger charge is -2.15. The average molecular weight is 461 g/mol. The second kappa shape index (κ2) is 10.8. The van der Waals surface area contributed by atoms with E-state index in [9.17, 15) is 14.4 Å². The molecule has 33 heavy (non-hydrogen) atoms. The highest BCUT2D eigenvalue weighted by molar-refractivity contribution is 8.00. The van der Waals surface area contributed by atoms with Gasteiger partial charge in [0.25, 0.3) is 11.8 Å². The molecule has 2 aromatic carbocycles. The number of carbonyl (C=O) groups is 3. The summed E-state index contributed by atoms with van der Waals surface area (Å²) in [5.74, 6) is -0.108. The summed E-state index contributed by atoms with van der Waals surface area (Å²) < 4.78 is 0. The molecule has 2 N–H and O–H groups in total. The molecule has 0 unspecified atom stereocenters. The first-order valence-electron chi connectivity index (χ1n) is 10.7. The Hall–Kier alpha value is -3.65. The van der Waals surface area contributed by atoms with Gasteiger partial charge in [0, 0.05) is 35.4 Å². The van der Waals surface area contributed by atoms with Crippen molar-refractivity contribution in [2.75, 3.05) is 29.5 Å². The Morgan fingerprint density at radius 1 is 0.848 bits per heavy atom. The van der Waals surface area contributed by atoms with Crippen LogP contribution in [0.3, 0.4) is 0 Å². The first kappa shape index (κ1) is 22.5. The van der Waals surface area contributed by atoms with Gasteiger partial charge in [0.1, 0.15) is 0 Å². The summed E-state index contributed by atoms with van der Waals surface area (Å²) in [7, 11) is 0. The number of rotatable bonds is 7. The van der Waals surface area contributed by atoms with Crippen LogP contribution in [0.25, 0.3) is 0 Å². The number of hydrogen-bond acceptors (Lipinski definition) is 5. The number of aromatic nitrogens is 1. The van der Waals surface area contributed by atoms with Crippen LogP contribution < -0.4 is 10.6 Å². The number of anilines is 2. The van der Waals surface area contributed by atoms with Crippen LogP contribution in [0.15, 0.2) is 78.0 Å². The van der Waals surface area contributed by atoms with Gasteiger partial charge >= 0.3 is 0 Å². The van der Waals surface area contributed by atoms with Crippen molar-refractivity contribution in [1.82, 2.24) is 9.88 Å². The highest BCUT2D eigenvalue weighted by Gasteiger charge is 2.19. The molecular weight excluding hydrogens is 436 g/mol. The van der Waals surface area contributed by atoms with Gasteiger partial charge in [-0.3, -0.25) is 19.4 Å². The molecule has 3 aromatic rings. The Bertz CT molecular complexity index is 1130. The number of pyridine rings is 1. The molecule has 1 aromatic heterocycles. The largest absolute Gasteiger partial charge is 0.342 e. The number of benzene rings is 2. The predicted octanol–water partition coefficient (Wildman–Crippen LogP) is 4.30. The number of thioether (sulfide) groups is 1. The van der Waals surface area contributed by atoms with E-state index in [2.05, 4.69) is 15.6 Å². The van der Waals surface area contributed by atoms with Crippen LogP contribution in [0.1, 0.15) is 33.6 Å². The summed E-state index contributed by atoms with van der Waals surface area (Å²) in [5.41, 5.74) is 2.16. The monoisotopic (exact) mass is 460 g/mol.